The van der Waals surface area contributed by atoms with E-state index in [4.69, 9.17) is 0 Å². The third-order valence-corrected chi connectivity index (χ3v) is 2.40. The van der Waals surface area contributed by atoms with Crippen molar-refractivity contribution >= 4 is 5.97 Å². The van der Waals surface area contributed by atoms with Gasteiger partial charge in [0, 0.05) is 0 Å². The van der Waals surface area contributed by atoms with E-state index in [0.29, 0.717) is 5.56 Å². The van der Waals surface area contributed by atoms with Gasteiger partial charge in [0.2, 0.25) is 0 Å². The van der Waals surface area contributed by atoms with Gasteiger partial charge in [-0.25, -0.2) is 0 Å². The van der Waals surface area contributed by atoms with Crippen molar-refractivity contribution in [2.75, 3.05) is 7.11 Å². The molecule has 1 rings (SSSR count). The fraction of sp³-hybridized carbons (Fsp3) is 0.417. The van der Waals surface area contributed by atoms with Gasteiger partial charge in [0.25, 0.3) is 0 Å². The minimum Gasteiger partial charge on any atom is -0.469 e. The van der Waals surface area contributed by atoms with Crippen molar-refractivity contribution in [1.82, 2.24) is 0 Å². The number of carbonyl (C=O) groups is 1. The van der Waals surface area contributed by atoms with Crippen LogP contribution >= 0.6 is 0 Å². The van der Waals surface area contributed by atoms with Crippen molar-refractivity contribution in [1.29, 1.82) is 0 Å². The Morgan fingerprint density at radius 1 is 1.41 bits per heavy atom. The van der Waals surface area contributed by atoms with Gasteiger partial charge in [0.05, 0.1) is 18.6 Å². The molecule has 1 aromatic carbocycles. The predicted molar refractivity (Wildman–Crippen MR) is 56.3 cm³/mol. The smallest absolute Gasteiger partial charge is 0.416 e. The van der Waals surface area contributed by atoms with Crippen molar-refractivity contribution in [3.05, 3.63) is 35.4 Å². The first kappa shape index (κ1) is 13.5. The zero-order valence-corrected chi connectivity index (χ0v) is 9.54. The summed E-state index contributed by atoms with van der Waals surface area (Å²) in [6.45, 7) is 1.62. The minimum absolute atomic E-state index is 0.233. The van der Waals surface area contributed by atoms with E-state index in [9.17, 15) is 18.0 Å². The summed E-state index contributed by atoms with van der Waals surface area (Å²) in [6.07, 6.45) is -4.12. The number of ether oxygens (including phenoxy) is 1. The average molecular weight is 246 g/mol. The summed E-state index contributed by atoms with van der Waals surface area (Å²) in [7, 11) is 1.25. The molecule has 0 spiro atoms. The summed E-state index contributed by atoms with van der Waals surface area (Å²) in [5.74, 6) is -0.883. The zero-order valence-electron chi connectivity index (χ0n) is 9.54. The minimum atomic E-state index is -4.36. The van der Waals surface area contributed by atoms with Gasteiger partial charge in [-0.15, -0.1) is 0 Å². The number of alkyl halides is 3. The Morgan fingerprint density at radius 3 is 2.59 bits per heavy atom. The zero-order chi connectivity index (χ0) is 13.1. The predicted octanol–water partition coefficient (Wildman–Crippen LogP) is 3.06. The number of hydrogen-bond acceptors (Lipinski definition) is 2. The van der Waals surface area contributed by atoms with Gasteiger partial charge in [-0.3, -0.25) is 4.79 Å². The lowest BCUT2D eigenvalue weighted by Crippen LogP contribution is -2.15. The summed E-state index contributed by atoms with van der Waals surface area (Å²) in [4.78, 5) is 11.2. The standard InChI is InChI=1S/C12H13F3O2/c1-8(11(16)17-2)6-9-4-3-5-10(7-9)12(13,14)15/h3-5,7-8H,6H2,1-2H3. The number of benzene rings is 1. The van der Waals surface area contributed by atoms with Crippen LogP contribution in [0.5, 0.6) is 0 Å². The van der Waals surface area contributed by atoms with Crippen LogP contribution in [0.1, 0.15) is 18.1 Å². The molecule has 1 aromatic rings. The molecule has 17 heavy (non-hydrogen) atoms. The first-order valence-corrected chi connectivity index (χ1v) is 5.08. The van der Waals surface area contributed by atoms with E-state index in [1.54, 1.807) is 13.0 Å². The Balaban J connectivity index is 2.83. The monoisotopic (exact) mass is 246 g/mol. The maximum atomic E-state index is 12.4. The molecule has 1 unspecified atom stereocenters. The van der Waals surface area contributed by atoms with Gasteiger partial charge < -0.3 is 4.74 Å². The van der Waals surface area contributed by atoms with E-state index in [-0.39, 0.29) is 6.42 Å². The van der Waals surface area contributed by atoms with Crippen molar-refractivity contribution in [3.8, 4) is 0 Å². The van der Waals surface area contributed by atoms with Gasteiger partial charge in [-0.05, 0) is 18.1 Å². The van der Waals surface area contributed by atoms with E-state index >= 15 is 0 Å². The van der Waals surface area contributed by atoms with Crippen LogP contribution in [0, 0.1) is 5.92 Å². The number of halogens is 3. The first-order chi connectivity index (χ1) is 7.84. The Morgan fingerprint density at radius 2 is 2.06 bits per heavy atom. The fourth-order valence-electron chi connectivity index (χ4n) is 1.51. The highest BCUT2D eigenvalue weighted by atomic mass is 19.4. The molecule has 1 atom stereocenters. The van der Waals surface area contributed by atoms with Crippen molar-refractivity contribution in [2.45, 2.75) is 19.5 Å². The lowest BCUT2D eigenvalue weighted by molar-refractivity contribution is -0.144. The molecular weight excluding hydrogens is 233 g/mol. The normalized spacial score (nSPS) is 13.2. The molecule has 0 fully saturated rings. The van der Waals surface area contributed by atoms with Crippen LogP contribution < -0.4 is 0 Å². The molecule has 0 bridgehead atoms. The quantitative estimate of drug-likeness (QED) is 0.766. The maximum absolute atomic E-state index is 12.4. The SMILES string of the molecule is COC(=O)C(C)Cc1cccc(C(F)(F)F)c1. The van der Waals surface area contributed by atoms with E-state index < -0.39 is 23.6 Å². The van der Waals surface area contributed by atoms with Crippen LogP contribution in [0.3, 0.4) is 0 Å². The molecular formula is C12H13F3O2. The van der Waals surface area contributed by atoms with Crippen molar-refractivity contribution in [3.63, 3.8) is 0 Å². The highest BCUT2D eigenvalue weighted by Crippen LogP contribution is 2.29. The lowest BCUT2D eigenvalue weighted by Gasteiger charge is -2.11. The Hall–Kier alpha value is -1.52. The molecule has 2 nitrogen and oxygen atoms in total. The van der Waals surface area contributed by atoms with Crippen molar-refractivity contribution in [2.24, 2.45) is 5.92 Å². The average Bonchev–Trinajstić information content (AvgIpc) is 2.27. The summed E-state index contributed by atoms with van der Waals surface area (Å²) in [5.41, 5.74) is -0.232. The highest BCUT2D eigenvalue weighted by molar-refractivity contribution is 5.72. The molecule has 0 amide bonds. The van der Waals surface area contributed by atoms with Gasteiger partial charge in [0.15, 0.2) is 0 Å². The third kappa shape index (κ3) is 3.76. The second-order valence-electron chi connectivity index (χ2n) is 3.83. The lowest BCUT2D eigenvalue weighted by atomic mass is 9.99. The van der Waals surface area contributed by atoms with Crippen LogP contribution in [-0.4, -0.2) is 13.1 Å². The first-order valence-electron chi connectivity index (χ1n) is 5.08. The largest absolute Gasteiger partial charge is 0.469 e. The number of rotatable bonds is 3. The van der Waals surface area contributed by atoms with E-state index in [1.807, 2.05) is 0 Å². The second-order valence-corrected chi connectivity index (χ2v) is 3.83. The van der Waals surface area contributed by atoms with Crippen LogP contribution in [0.15, 0.2) is 24.3 Å². The van der Waals surface area contributed by atoms with Crippen molar-refractivity contribution < 1.29 is 22.7 Å². The number of hydrogen-bond donors (Lipinski definition) is 0. The topological polar surface area (TPSA) is 26.3 Å². The van der Waals surface area contributed by atoms with Gasteiger partial charge in [-0.2, -0.15) is 13.2 Å². The Labute approximate surface area is 97.4 Å². The Kier molecular flexibility index (Phi) is 4.15. The summed E-state index contributed by atoms with van der Waals surface area (Å²) in [6, 6.07) is 4.96. The third-order valence-electron chi connectivity index (χ3n) is 2.40. The Bertz CT molecular complexity index is 399. The molecule has 94 valence electrons. The van der Waals surface area contributed by atoms with Crippen LogP contribution in [-0.2, 0) is 22.1 Å². The maximum Gasteiger partial charge on any atom is 0.416 e. The molecule has 0 aliphatic rings. The molecule has 5 heteroatoms. The highest BCUT2D eigenvalue weighted by Gasteiger charge is 2.30. The molecule has 0 aliphatic heterocycles. The van der Waals surface area contributed by atoms with E-state index in [1.165, 1.54) is 13.2 Å². The molecule has 0 aliphatic carbocycles. The van der Waals surface area contributed by atoms with Gasteiger partial charge in [-0.1, -0.05) is 25.1 Å². The molecule has 0 aromatic heterocycles. The molecule has 0 saturated carbocycles. The fourth-order valence-corrected chi connectivity index (χ4v) is 1.51. The molecule has 0 radical (unpaired) electrons. The van der Waals surface area contributed by atoms with Gasteiger partial charge in [0.1, 0.15) is 0 Å². The second kappa shape index (κ2) is 5.21. The summed E-state index contributed by atoms with van der Waals surface area (Å²) < 4.78 is 41.8. The molecule has 0 heterocycles. The summed E-state index contributed by atoms with van der Waals surface area (Å²) >= 11 is 0. The number of methoxy groups -OCH3 is 1. The number of esters is 1. The van der Waals surface area contributed by atoms with E-state index in [2.05, 4.69) is 4.74 Å². The molecule has 0 saturated heterocycles. The van der Waals surface area contributed by atoms with Crippen LogP contribution in [0.25, 0.3) is 0 Å². The van der Waals surface area contributed by atoms with E-state index in [0.717, 1.165) is 12.1 Å². The number of carbonyl (C=O) groups excluding carboxylic acids is 1. The van der Waals surface area contributed by atoms with Crippen LogP contribution in [0.2, 0.25) is 0 Å². The molecule has 0 N–H and O–H groups in total. The van der Waals surface area contributed by atoms with Gasteiger partial charge >= 0.3 is 12.1 Å². The summed E-state index contributed by atoms with van der Waals surface area (Å²) in [5, 5.41) is 0. The van der Waals surface area contributed by atoms with Crippen LogP contribution in [0.4, 0.5) is 13.2 Å².